The number of rotatable bonds is 5. The lowest BCUT2D eigenvalue weighted by molar-refractivity contribution is 0.668. The molecule has 12 rings (SSSR count). The maximum absolute atomic E-state index is 6.87. The minimum Gasteiger partial charge on any atom is -0.456 e. The van der Waals surface area contributed by atoms with Crippen LogP contribution in [0.4, 0.5) is 0 Å². The number of benzene rings is 8. The van der Waals surface area contributed by atoms with Crippen molar-refractivity contribution in [2.45, 2.75) is 0 Å². The van der Waals surface area contributed by atoms with E-state index in [-0.39, 0.29) is 0 Å². The molecule has 0 radical (unpaired) electrons. The minimum atomic E-state index is 0.593. The molecule has 8 aromatic carbocycles. The SMILES string of the molecule is Bc1cc(B)c2c(c1)c1c(B)c(B)c3c4cc(B)cc(B)c4n(-c4ccc5c(c4)oc4cc(-c6nc(-c7ccccc7)nc(-c7ccccc7)n6)ccc45)c3c1n2-c1ccccc1. The van der Waals surface area contributed by atoms with Gasteiger partial charge in [0.15, 0.2) is 17.5 Å². The molecule has 12 heteroatoms. The summed E-state index contributed by atoms with van der Waals surface area (Å²) in [6.07, 6.45) is 0. The summed E-state index contributed by atoms with van der Waals surface area (Å²) in [4.78, 5) is 14.9. The van der Waals surface area contributed by atoms with Gasteiger partial charge in [-0.25, -0.2) is 15.0 Å². The molecule has 0 saturated heterocycles. The van der Waals surface area contributed by atoms with E-state index in [1.54, 1.807) is 0 Å². The highest BCUT2D eigenvalue weighted by molar-refractivity contribution is 6.61. The normalized spacial score (nSPS) is 11.9. The van der Waals surface area contributed by atoms with Crippen molar-refractivity contribution < 1.29 is 4.42 Å². The topological polar surface area (TPSA) is 61.7 Å². The fourth-order valence-electron chi connectivity index (χ4n) is 10.3. The molecule has 0 aliphatic rings. The van der Waals surface area contributed by atoms with Crippen LogP contribution >= 0.6 is 0 Å². The fraction of sp³-hybridized carbons (Fsp3) is 0. The summed E-state index contributed by atoms with van der Waals surface area (Å²) < 4.78 is 11.9. The Morgan fingerprint density at radius 3 is 1.33 bits per heavy atom. The van der Waals surface area contributed by atoms with Crippen molar-refractivity contribution in [1.29, 1.82) is 0 Å². The molecular formula is C51H37B6N5O. The monoisotopic (exact) mass is 801 g/mol. The van der Waals surface area contributed by atoms with Gasteiger partial charge in [-0.1, -0.05) is 142 Å². The molecule has 0 N–H and O–H groups in total. The predicted octanol–water partition coefficient (Wildman–Crippen LogP) is 2.52. The molecule has 4 heterocycles. The van der Waals surface area contributed by atoms with Crippen LogP contribution in [-0.2, 0) is 0 Å². The summed E-state index contributed by atoms with van der Waals surface area (Å²) in [6.45, 7) is 0. The van der Waals surface area contributed by atoms with E-state index in [1.165, 1.54) is 76.4 Å². The van der Waals surface area contributed by atoms with Gasteiger partial charge in [-0.15, -0.1) is 0 Å². The molecule has 0 fully saturated rings. The first-order valence-corrected chi connectivity index (χ1v) is 21.6. The fourth-order valence-corrected chi connectivity index (χ4v) is 10.3. The summed E-state index contributed by atoms with van der Waals surface area (Å²) in [5.41, 5.74) is 19.0. The van der Waals surface area contributed by atoms with Crippen molar-refractivity contribution >= 4 is 145 Å². The molecule has 4 aromatic heterocycles. The highest BCUT2D eigenvalue weighted by Crippen LogP contribution is 2.41. The Hall–Kier alpha value is -7.44. The first kappa shape index (κ1) is 37.3. The van der Waals surface area contributed by atoms with E-state index in [4.69, 9.17) is 19.4 Å². The van der Waals surface area contributed by atoms with Crippen molar-refractivity contribution in [3.8, 4) is 45.5 Å². The average molecular weight is 801 g/mol. The van der Waals surface area contributed by atoms with E-state index in [1.807, 2.05) is 60.7 Å². The second kappa shape index (κ2) is 14.0. The zero-order valence-corrected chi connectivity index (χ0v) is 36.1. The van der Waals surface area contributed by atoms with Gasteiger partial charge in [0.05, 0.1) is 11.0 Å². The molecule has 6 nitrogen and oxygen atoms in total. The van der Waals surface area contributed by atoms with Crippen LogP contribution in [0.3, 0.4) is 0 Å². The number of fused-ring (bicyclic) bond motifs is 10. The third-order valence-electron chi connectivity index (χ3n) is 13.0. The summed E-state index contributed by atoms with van der Waals surface area (Å²) in [5.74, 6) is 1.85. The Labute approximate surface area is 369 Å². The Kier molecular flexibility index (Phi) is 8.32. The third kappa shape index (κ3) is 5.70. The number of hydrogen-bond acceptors (Lipinski definition) is 4. The zero-order valence-electron chi connectivity index (χ0n) is 36.1. The lowest BCUT2D eigenvalue weighted by atomic mass is 9.74. The van der Waals surface area contributed by atoms with Gasteiger partial charge in [-0.2, -0.15) is 0 Å². The van der Waals surface area contributed by atoms with Crippen LogP contribution in [0.1, 0.15) is 0 Å². The van der Waals surface area contributed by atoms with Gasteiger partial charge in [0.1, 0.15) is 58.2 Å². The molecular weight excluding hydrogens is 763 g/mol. The van der Waals surface area contributed by atoms with E-state index in [0.717, 1.165) is 50.0 Å². The summed E-state index contributed by atoms with van der Waals surface area (Å²) in [7, 11) is 13.5. The number of nitrogens with zero attached hydrogens (tertiary/aromatic N) is 5. The lowest BCUT2D eigenvalue weighted by Crippen LogP contribution is -2.27. The standard InChI is InChI=1S/C51H37B6N5O/c52-29-21-35-41-43(56)44(57)42-36-22-30(53)24-38(55)46(36)62(48(42)47(41)61(45(35)37(54)23-29)31-14-8-3-9-15-31)32-17-19-34-33-18-16-28(20-39(33)63-40(34)25-32)51-59-49(26-10-4-1-5-11-26)58-50(60-51)27-12-6-2-7-13-27/h1-25H,52-57H2. The van der Waals surface area contributed by atoms with Crippen molar-refractivity contribution in [2.75, 3.05) is 0 Å². The second-order valence-corrected chi connectivity index (χ2v) is 17.2. The van der Waals surface area contributed by atoms with Crippen LogP contribution in [0.2, 0.25) is 0 Å². The Bertz CT molecular complexity index is 3810. The van der Waals surface area contributed by atoms with Crippen molar-refractivity contribution in [2.24, 2.45) is 0 Å². The van der Waals surface area contributed by atoms with Crippen LogP contribution in [0.5, 0.6) is 0 Å². The zero-order chi connectivity index (χ0) is 42.7. The molecule has 0 atom stereocenters. The van der Waals surface area contributed by atoms with Gasteiger partial charge in [-0.05, 0) is 36.4 Å². The van der Waals surface area contributed by atoms with Gasteiger partial charge in [0, 0.05) is 77.5 Å². The van der Waals surface area contributed by atoms with Crippen LogP contribution in [0, 0.1) is 0 Å². The van der Waals surface area contributed by atoms with Gasteiger partial charge < -0.3 is 13.6 Å². The average Bonchev–Trinajstić information content (AvgIpc) is 3.96. The highest BCUT2D eigenvalue weighted by Gasteiger charge is 2.27. The molecule has 0 aliphatic carbocycles. The van der Waals surface area contributed by atoms with Gasteiger partial charge in [-0.3, -0.25) is 0 Å². The Balaban J connectivity index is 1.12. The van der Waals surface area contributed by atoms with E-state index in [0.29, 0.717) is 17.5 Å². The van der Waals surface area contributed by atoms with E-state index >= 15 is 0 Å². The van der Waals surface area contributed by atoms with Crippen LogP contribution in [0.15, 0.2) is 156 Å². The first-order valence-electron chi connectivity index (χ1n) is 21.6. The number of hydrogen-bond donors (Lipinski definition) is 0. The number of furan rings is 1. The lowest BCUT2D eigenvalue weighted by Gasteiger charge is -2.15. The molecule has 63 heavy (non-hydrogen) atoms. The molecule has 12 aromatic rings. The first-order chi connectivity index (χ1) is 30.7. The Morgan fingerprint density at radius 1 is 0.365 bits per heavy atom. The second-order valence-electron chi connectivity index (χ2n) is 17.2. The van der Waals surface area contributed by atoms with E-state index < -0.39 is 0 Å². The molecule has 0 amide bonds. The van der Waals surface area contributed by atoms with Crippen LogP contribution in [-0.4, -0.2) is 71.2 Å². The summed E-state index contributed by atoms with van der Waals surface area (Å²) in [6, 6.07) is 53.4. The third-order valence-corrected chi connectivity index (χ3v) is 13.0. The quantitative estimate of drug-likeness (QED) is 0.252. The number of para-hydroxylation sites is 1. The molecule has 0 saturated carbocycles. The molecule has 0 bridgehead atoms. The molecule has 290 valence electrons. The largest absolute Gasteiger partial charge is 0.456 e. The molecule has 0 unspecified atom stereocenters. The van der Waals surface area contributed by atoms with Gasteiger partial charge >= 0.3 is 0 Å². The Morgan fingerprint density at radius 2 is 0.810 bits per heavy atom. The predicted molar refractivity (Wildman–Crippen MR) is 281 cm³/mol. The van der Waals surface area contributed by atoms with Crippen molar-refractivity contribution in [3.05, 3.63) is 152 Å². The maximum atomic E-state index is 6.87. The smallest absolute Gasteiger partial charge is 0.164 e. The summed E-state index contributed by atoms with van der Waals surface area (Å²) >= 11 is 0. The van der Waals surface area contributed by atoms with Crippen LogP contribution in [0.25, 0.3) is 111 Å². The van der Waals surface area contributed by atoms with Crippen molar-refractivity contribution in [1.82, 2.24) is 24.1 Å². The van der Waals surface area contributed by atoms with E-state index in [2.05, 4.69) is 147 Å². The molecule has 0 spiro atoms. The minimum absolute atomic E-state index is 0.593. The summed E-state index contributed by atoms with van der Waals surface area (Å²) in [5, 5.41) is 7.23. The van der Waals surface area contributed by atoms with Gasteiger partial charge in [0.25, 0.3) is 0 Å². The highest BCUT2D eigenvalue weighted by atomic mass is 16.3. The van der Waals surface area contributed by atoms with Crippen molar-refractivity contribution in [3.63, 3.8) is 0 Å². The van der Waals surface area contributed by atoms with Crippen LogP contribution < -0.4 is 32.8 Å². The van der Waals surface area contributed by atoms with E-state index in [9.17, 15) is 0 Å². The van der Waals surface area contributed by atoms with Gasteiger partial charge in [0.2, 0.25) is 0 Å². The number of aromatic nitrogens is 5. The maximum Gasteiger partial charge on any atom is 0.164 e. The molecule has 0 aliphatic heterocycles.